The van der Waals surface area contributed by atoms with Crippen molar-refractivity contribution in [3.63, 3.8) is 0 Å². The quantitative estimate of drug-likeness (QED) is 0.711. The highest BCUT2D eigenvalue weighted by Crippen LogP contribution is 2.16. The van der Waals surface area contributed by atoms with Crippen molar-refractivity contribution in [2.75, 3.05) is 20.1 Å². The number of hydrogen-bond acceptors (Lipinski definition) is 4. The Morgan fingerprint density at radius 3 is 2.71 bits per heavy atom. The summed E-state index contributed by atoms with van der Waals surface area (Å²) < 4.78 is 1.17. The van der Waals surface area contributed by atoms with Gasteiger partial charge in [0, 0.05) is 12.7 Å². The van der Waals surface area contributed by atoms with Crippen LogP contribution in [0.2, 0.25) is 0 Å². The molecule has 1 atom stereocenters. The van der Waals surface area contributed by atoms with Crippen LogP contribution in [0.15, 0.2) is 15.8 Å². The van der Waals surface area contributed by atoms with Crippen molar-refractivity contribution in [1.82, 2.24) is 14.5 Å². The van der Waals surface area contributed by atoms with E-state index in [9.17, 15) is 14.4 Å². The fourth-order valence-corrected chi connectivity index (χ4v) is 2.19. The Morgan fingerprint density at radius 2 is 2.18 bits per heavy atom. The smallest absolute Gasteiger partial charge is 0.313 e. The molecule has 0 amide bonds. The molecule has 1 aliphatic heterocycles. The van der Waals surface area contributed by atoms with Gasteiger partial charge in [-0.05, 0) is 26.9 Å². The second-order valence-corrected chi connectivity index (χ2v) is 4.44. The van der Waals surface area contributed by atoms with Gasteiger partial charge in [0.15, 0.2) is 5.78 Å². The van der Waals surface area contributed by atoms with E-state index in [1.54, 1.807) is 0 Å². The third-order valence-electron chi connectivity index (χ3n) is 3.12. The van der Waals surface area contributed by atoms with Crippen molar-refractivity contribution >= 4 is 5.78 Å². The minimum absolute atomic E-state index is 0.0409. The zero-order chi connectivity index (χ0) is 12.6. The van der Waals surface area contributed by atoms with Crippen LogP contribution in [0.3, 0.4) is 0 Å². The third-order valence-corrected chi connectivity index (χ3v) is 3.12. The molecule has 2 rings (SSSR count). The molecule has 0 saturated carbocycles. The van der Waals surface area contributed by atoms with Gasteiger partial charge in [0.2, 0.25) is 0 Å². The highest BCUT2D eigenvalue weighted by Gasteiger charge is 2.25. The van der Waals surface area contributed by atoms with E-state index < -0.39 is 11.2 Å². The monoisotopic (exact) mass is 237 g/mol. The van der Waals surface area contributed by atoms with Crippen molar-refractivity contribution in [1.29, 1.82) is 0 Å². The number of likely N-dealkylation sites (tertiary alicyclic amines) is 1. The van der Waals surface area contributed by atoms with Crippen LogP contribution in [-0.2, 0) is 0 Å². The second-order valence-electron chi connectivity index (χ2n) is 4.44. The molecule has 0 aliphatic carbocycles. The molecule has 0 bridgehead atoms. The number of nitrogens with one attached hydrogen (secondary N) is 1. The van der Waals surface area contributed by atoms with Crippen LogP contribution in [-0.4, -0.2) is 40.4 Å². The summed E-state index contributed by atoms with van der Waals surface area (Å²) in [5.74, 6) is -0.327. The first-order chi connectivity index (χ1) is 8.00. The van der Waals surface area contributed by atoms with Crippen LogP contribution in [0.5, 0.6) is 0 Å². The number of carbonyl (C=O) groups excluding carboxylic acids is 1. The van der Waals surface area contributed by atoms with E-state index in [0.717, 1.165) is 13.0 Å². The molecular weight excluding hydrogens is 222 g/mol. The topological polar surface area (TPSA) is 75.2 Å². The number of rotatable bonds is 2. The Labute approximate surface area is 97.9 Å². The summed E-state index contributed by atoms with van der Waals surface area (Å²) in [7, 11) is 1.94. The van der Waals surface area contributed by atoms with Gasteiger partial charge < -0.3 is 9.88 Å². The van der Waals surface area contributed by atoms with Gasteiger partial charge in [0.05, 0.1) is 11.6 Å². The first kappa shape index (κ1) is 11.8. The summed E-state index contributed by atoms with van der Waals surface area (Å²) in [5.41, 5.74) is -0.888. The lowest BCUT2D eigenvalue weighted by molar-refractivity contribution is 0.101. The molecule has 1 aromatic rings. The molecule has 1 N–H and O–H groups in total. The number of likely N-dealkylation sites (N-methyl/N-ethyl adjacent to an activating group) is 1. The van der Waals surface area contributed by atoms with Crippen molar-refractivity contribution in [3.05, 3.63) is 32.6 Å². The molecule has 17 heavy (non-hydrogen) atoms. The van der Waals surface area contributed by atoms with E-state index in [4.69, 9.17) is 0 Å². The van der Waals surface area contributed by atoms with Gasteiger partial charge in [-0.1, -0.05) is 0 Å². The summed E-state index contributed by atoms with van der Waals surface area (Å²) >= 11 is 0. The van der Waals surface area contributed by atoms with E-state index in [2.05, 4.69) is 9.88 Å². The lowest BCUT2D eigenvalue weighted by Gasteiger charge is -2.13. The van der Waals surface area contributed by atoms with E-state index in [1.807, 2.05) is 7.05 Å². The van der Waals surface area contributed by atoms with Crippen molar-refractivity contribution < 1.29 is 4.79 Å². The number of nitrogens with zero attached hydrogens (tertiary/aromatic N) is 2. The number of Topliss-reactive ketones (excluding diaryl/α,β-unsaturated/α-hetero) is 1. The van der Waals surface area contributed by atoms with Crippen molar-refractivity contribution in [3.8, 4) is 0 Å². The highest BCUT2D eigenvalue weighted by atomic mass is 16.2. The largest absolute Gasteiger partial charge is 0.328 e. The van der Waals surface area contributed by atoms with Gasteiger partial charge >= 0.3 is 5.69 Å². The molecule has 6 nitrogen and oxygen atoms in total. The molecule has 1 aliphatic rings. The first-order valence-corrected chi connectivity index (χ1v) is 5.54. The number of aromatic nitrogens is 2. The van der Waals surface area contributed by atoms with E-state index in [0.29, 0.717) is 6.54 Å². The molecule has 1 saturated heterocycles. The summed E-state index contributed by atoms with van der Waals surface area (Å²) in [6.07, 6.45) is 1.95. The zero-order valence-corrected chi connectivity index (χ0v) is 9.90. The average Bonchev–Trinajstić information content (AvgIpc) is 2.64. The van der Waals surface area contributed by atoms with Crippen LogP contribution in [0.1, 0.15) is 29.7 Å². The molecule has 6 heteroatoms. The predicted molar refractivity (Wildman–Crippen MR) is 62.5 cm³/mol. The minimum atomic E-state index is -0.485. The van der Waals surface area contributed by atoms with Gasteiger partial charge in [-0.2, -0.15) is 0 Å². The van der Waals surface area contributed by atoms with Gasteiger partial charge in [0.1, 0.15) is 0 Å². The van der Waals surface area contributed by atoms with Crippen LogP contribution in [0.4, 0.5) is 0 Å². The summed E-state index contributed by atoms with van der Waals surface area (Å²) in [4.78, 5) is 39.5. The predicted octanol–water partition coefficient (Wildman–Crippen LogP) is -0.384. The molecule has 0 aromatic carbocycles. The zero-order valence-electron chi connectivity index (χ0n) is 9.90. The maximum absolute atomic E-state index is 12.0. The Balaban J connectivity index is 2.53. The second kappa shape index (κ2) is 4.29. The van der Waals surface area contributed by atoms with Crippen molar-refractivity contribution in [2.24, 2.45) is 0 Å². The standard InChI is InChI=1S/C11H15N3O3/c1-7(15)9-5-12-11(17)14(10(9)16)8-3-4-13(2)6-8/h5,8H,3-4,6H2,1-2H3,(H,12,17). The van der Waals surface area contributed by atoms with Crippen molar-refractivity contribution in [2.45, 2.75) is 19.4 Å². The third kappa shape index (κ3) is 2.08. The SMILES string of the molecule is CC(=O)c1c[nH]c(=O)n(C2CCN(C)C2)c1=O. The van der Waals surface area contributed by atoms with E-state index >= 15 is 0 Å². The Hall–Kier alpha value is -1.69. The van der Waals surface area contributed by atoms with Crippen LogP contribution >= 0.6 is 0 Å². The van der Waals surface area contributed by atoms with E-state index in [1.165, 1.54) is 17.7 Å². The molecule has 0 radical (unpaired) electrons. The van der Waals surface area contributed by atoms with Gasteiger partial charge in [-0.15, -0.1) is 0 Å². The van der Waals surface area contributed by atoms with Crippen LogP contribution in [0, 0.1) is 0 Å². The summed E-state index contributed by atoms with van der Waals surface area (Å²) in [6.45, 7) is 2.82. The fourth-order valence-electron chi connectivity index (χ4n) is 2.19. The number of aromatic amines is 1. The molecular formula is C11H15N3O3. The fraction of sp³-hybridized carbons (Fsp3) is 0.545. The van der Waals surface area contributed by atoms with E-state index in [-0.39, 0.29) is 17.4 Å². The van der Waals surface area contributed by atoms with Gasteiger partial charge in [0.25, 0.3) is 5.56 Å². The van der Waals surface area contributed by atoms with Gasteiger partial charge in [-0.25, -0.2) is 4.79 Å². The maximum atomic E-state index is 12.0. The van der Waals surface area contributed by atoms with Crippen LogP contribution in [0.25, 0.3) is 0 Å². The lowest BCUT2D eigenvalue weighted by Crippen LogP contribution is -2.41. The van der Waals surface area contributed by atoms with Crippen LogP contribution < -0.4 is 11.2 Å². The number of H-pyrrole nitrogens is 1. The highest BCUT2D eigenvalue weighted by molar-refractivity contribution is 5.93. The first-order valence-electron chi connectivity index (χ1n) is 5.54. The molecule has 92 valence electrons. The maximum Gasteiger partial charge on any atom is 0.328 e. The Kier molecular flexibility index (Phi) is 2.97. The minimum Gasteiger partial charge on any atom is -0.313 e. The molecule has 1 aromatic heterocycles. The molecule has 0 spiro atoms. The number of carbonyl (C=O) groups is 1. The number of hydrogen-bond donors (Lipinski definition) is 1. The molecule has 1 unspecified atom stereocenters. The Morgan fingerprint density at radius 1 is 1.47 bits per heavy atom. The molecule has 1 fully saturated rings. The normalized spacial score (nSPS) is 20.7. The number of ketones is 1. The van der Waals surface area contributed by atoms with Gasteiger partial charge in [-0.3, -0.25) is 14.2 Å². The Bertz CT molecular complexity index is 558. The lowest BCUT2D eigenvalue weighted by atomic mass is 10.2. The molecule has 2 heterocycles. The summed E-state index contributed by atoms with van der Waals surface area (Å²) in [5, 5.41) is 0. The summed E-state index contributed by atoms with van der Waals surface area (Å²) in [6, 6.07) is -0.143. The average molecular weight is 237 g/mol.